The topological polar surface area (TPSA) is 48.1 Å². The Hall–Kier alpha value is -0.740. The van der Waals surface area contributed by atoms with E-state index in [1.807, 2.05) is 12.4 Å². The van der Waals surface area contributed by atoms with E-state index in [1.165, 1.54) is 0 Å². The van der Waals surface area contributed by atoms with Crippen molar-refractivity contribution in [1.82, 2.24) is 21.3 Å². The Balaban J connectivity index is 2.01. The van der Waals surface area contributed by atoms with Crippen molar-refractivity contribution in [3.8, 4) is 0 Å². The minimum atomic E-state index is 0.346. The molecule has 4 N–H and O–H groups in total. The Morgan fingerprint density at radius 1 is 0.900 bits per heavy atom. The highest BCUT2D eigenvalue weighted by molar-refractivity contribution is 4.96. The van der Waals surface area contributed by atoms with Crippen LogP contribution in [0.15, 0.2) is 12.4 Å². The van der Waals surface area contributed by atoms with Crippen LogP contribution in [0, 0.1) is 0 Å². The van der Waals surface area contributed by atoms with Crippen molar-refractivity contribution in [3.05, 3.63) is 12.4 Å². The maximum atomic E-state index is 3.33. The van der Waals surface area contributed by atoms with Crippen LogP contribution in [-0.4, -0.2) is 25.4 Å². The third kappa shape index (κ3) is 0.955. The first-order valence-corrected chi connectivity index (χ1v) is 3.61. The molecule has 0 aromatic rings. The van der Waals surface area contributed by atoms with E-state index in [2.05, 4.69) is 21.3 Å². The molecule has 0 spiro atoms. The number of piperazine rings is 1. The van der Waals surface area contributed by atoms with Crippen LogP contribution >= 0.6 is 0 Å². The fourth-order valence-corrected chi connectivity index (χ4v) is 1.30. The molecule has 0 amide bonds. The van der Waals surface area contributed by atoms with Crippen LogP contribution in [0.4, 0.5) is 0 Å². The van der Waals surface area contributed by atoms with Crippen LogP contribution in [0.5, 0.6) is 0 Å². The minimum absolute atomic E-state index is 0.346. The lowest BCUT2D eigenvalue weighted by atomic mass is 10.2. The van der Waals surface area contributed by atoms with Crippen molar-refractivity contribution in [1.29, 1.82) is 0 Å². The van der Waals surface area contributed by atoms with Gasteiger partial charge >= 0.3 is 0 Å². The maximum absolute atomic E-state index is 3.33. The number of fused-ring (bicyclic) bond motifs is 1. The van der Waals surface area contributed by atoms with Gasteiger partial charge in [-0.2, -0.15) is 0 Å². The second kappa shape index (κ2) is 2.48. The summed E-state index contributed by atoms with van der Waals surface area (Å²) in [7, 11) is 0. The molecule has 1 saturated heterocycles. The summed E-state index contributed by atoms with van der Waals surface area (Å²) >= 11 is 0. The fraction of sp³-hybridized carbons (Fsp3) is 0.667. The molecule has 56 valence electrons. The maximum Gasteiger partial charge on any atom is 0.111 e. The highest BCUT2D eigenvalue weighted by atomic mass is 15.3. The van der Waals surface area contributed by atoms with Gasteiger partial charge in [-0.05, 0) is 0 Å². The molecule has 2 atom stereocenters. The number of nitrogens with one attached hydrogen (secondary N) is 4. The summed E-state index contributed by atoms with van der Waals surface area (Å²) in [6.45, 7) is 2.06. The van der Waals surface area contributed by atoms with Gasteiger partial charge in [0, 0.05) is 25.5 Å². The molecule has 2 rings (SSSR count). The zero-order valence-electron chi connectivity index (χ0n) is 5.72. The van der Waals surface area contributed by atoms with E-state index < -0.39 is 0 Å². The SMILES string of the molecule is C1=CNC2NCCNC2N1. The molecule has 4 nitrogen and oxygen atoms in total. The van der Waals surface area contributed by atoms with Crippen molar-refractivity contribution in [3.63, 3.8) is 0 Å². The van der Waals surface area contributed by atoms with E-state index >= 15 is 0 Å². The average molecular weight is 140 g/mol. The lowest BCUT2D eigenvalue weighted by molar-refractivity contribution is 0.265. The molecule has 10 heavy (non-hydrogen) atoms. The van der Waals surface area contributed by atoms with E-state index in [-0.39, 0.29) is 0 Å². The van der Waals surface area contributed by atoms with Gasteiger partial charge < -0.3 is 10.6 Å². The van der Waals surface area contributed by atoms with Crippen LogP contribution in [0.25, 0.3) is 0 Å². The van der Waals surface area contributed by atoms with Crippen molar-refractivity contribution in [2.45, 2.75) is 12.3 Å². The summed E-state index contributed by atoms with van der Waals surface area (Å²) in [6.07, 6.45) is 4.53. The summed E-state index contributed by atoms with van der Waals surface area (Å²) in [4.78, 5) is 0. The van der Waals surface area contributed by atoms with Crippen LogP contribution in [0.2, 0.25) is 0 Å². The Morgan fingerprint density at radius 2 is 1.40 bits per heavy atom. The van der Waals surface area contributed by atoms with E-state index in [4.69, 9.17) is 0 Å². The van der Waals surface area contributed by atoms with E-state index in [9.17, 15) is 0 Å². The fourth-order valence-electron chi connectivity index (χ4n) is 1.30. The monoisotopic (exact) mass is 140 g/mol. The summed E-state index contributed by atoms with van der Waals surface area (Å²) in [6, 6.07) is 0. The van der Waals surface area contributed by atoms with Crippen LogP contribution in [-0.2, 0) is 0 Å². The predicted octanol–water partition coefficient (Wildman–Crippen LogP) is -1.50. The number of hydrogen-bond donors (Lipinski definition) is 4. The summed E-state index contributed by atoms with van der Waals surface area (Å²) in [5, 5.41) is 13.1. The molecule has 0 aliphatic carbocycles. The van der Waals surface area contributed by atoms with Gasteiger partial charge in [-0.1, -0.05) is 0 Å². The normalized spacial score (nSPS) is 37.6. The molecule has 1 fully saturated rings. The molecule has 0 radical (unpaired) electrons. The van der Waals surface area contributed by atoms with Gasteiger partial charge in [0.1, 0.15) is 12.3 Å². The molecule has 0 saturated carbocycles. The summed E-state index contributed by atoms with van der Waals surface area (Å²) in [5.74, 6) is 0. The average Bonchev–Trinajstić information content (AvgIpc) is 2.05. The van der Waals surface area contributed by atoms with Crippen molar-refractivity contribution >= 4 is 0 Å². The lowest BCUT2D eigenvalue weighted by Gasteiger charge is -2.36. The zero-order valence-corrected chi connectivity index (χ0v) is 5.72. The van der Waals surface area contributed by atoms with E-state index in [0.29, 0.717) is 12.3 Å². The van der Waals surface area contributed by atoms with E-state index in [0.717, 1.165) is 13.1 Å². The molecular formula is C6H12N4. The van der Waals surface area contributed by atoms with Crippen LogP contribution in [0.1, 0.15) is 0 Å². The van der Waals surface area contributed by atoms with Gasteiger partial charge in [-0.3, -0.25) is 10.6 Å². The number of rotatable bonds is 0. The Morgan fingerprint density at radius 3 is 1.90 bits per heavy atom. The molecule has 0 bridgehead atoms. The zero-order chi connectivity index (χ0) is 6.81. The van der Waals surface area contributed by atoms with Crippen molar-refractivity contribution in [2.75, 3.05) is 13.1 Å². The first kappa shape index (κ1) is 6.00. The molecule has 2 aliphatic heterocycles. The van der Waals surface area contributed by atoms with Crippen LogP contribution in [0.3, 0.4) is 0 Å². The molecule has 4 heteroatoms. The van der Waals surface area contributed by atoms with Gasteiger partial charge in [0.25, 0.3) is 0 Å². The second-order valence-electron chi connectivity index (χ2n) is 2.53. The molecule has 0 aromatic carbocycles. The van der Waals surface area contributed by atoms with Crippen molar-refractivity contribution in [2.24, 2.45) is 0 Å². The minimum Gasteiger partial charge on any atom is -0.372 e. The van der Waals surface area contributed by atoms with Crippen LogP contribution < -0.4 is 21.3 Å². The highest BCUT2D eigenvalue weighted by Crippen LogP contribution is 1.95. The molecule has 2 heterocycles. The summed E-state index contributed by atoms with van der Waals surface area (Å²) < 4.78 is 0. The first-order chi connectivity index (χ1) is 4.97. The third-order valence-electron chi connectivity index (χ3n) is 1.82. The van der Waals surface area contributed by atoms with Crippen molar-refractivity contribution < 1.29 is 0 Å². The third-order valence-corrected chi connectivity index (χ3v) is 1.82. The lowest BCUT2D eigenvalue weighted by Crippen LogP contribution is -2.66. The highest BCUT2D eigenvalue weighted by Gasteiger charge is 2.23. The van der Waals surface area contributed by atoms with Gasteiger partial charge in [-0.15, -0.1) is 0 Å². The summed E-state index contributed by atoms with van der Waals surface area (Å²) in [5.41, 5.74) is 0. The van der Waals surface area contributed by atoms with E-state index in [1.54, 1.807) is 0 Å². The first-order valence-electron chi connectivity index (χ1n) is 3.61. The van der Waals surface area contributed by atoms with Gasteiger partial charge in [0.15, 0.2) is 0 Å². The quantitative estimate of drug-likeness (QED) is 0.330. The largest absolute Gasteiger partial charge is 0.372 e. The number of hydrogen-bond acceptors (Lipinski definition) is 4. The molecule has 2 aliphatic rings. The smallest absolute Gasteiger partial charge is 0.111 e. The van der Waals surface area contributed by atoms with Gasteiger partial charge in [0.05, 0.1) is 0 Å². The Bertz CT molecular complexity index is 129. The molecular weight excluding hydrogens is 128 g/mol. The standard InChI is InChI=1S/C6H12N4/c1-2-8-6-5(7-1)9-3-4-10-6/h1-2,5-10H,3-4H2. The van der Waals surface area contributed by atoms with Gasteiger partial charge in [0.2, 0.25) is 0 Å². The second-order valence-corrected chi connectivity index (χ2v) is 2.53. The van der Waals surface area contributed by atoms with Gasteiger partial charge in [-0.25, -0.2) is 0 Å². The predicted molar refractivity (Wildman–Crippen MR) is 39.0 cm³/mol. The Kier molecular flexibility index (Phi) is 1.49. The Labute approximate surface area is 60.1 Å². The molecule has 2 unspecified atom stereocenters. The molecule has 0 aromatic heterocycles.